The Hall–Kier alpha value is -2.98. The van der Waals surface area contributed by atoms with Gasteiger partial charge in [0.15, 0.2) is 18.1 Å². The fourth-order valence-electron chi connectivity index (χ4n) is 2.18. The SMILES string of the molecule is COc1ccc(COC(=O)/C=C/c2ccc(OCC#N)c(OC)c2)cc1Br. The minimum absolute atomic E-state index is 0.0701. The van der Waals surface area contributed by atoms with E-state index < -0.39 is 5.97 Å². The number of nitriles is 1. The minimum Gasteiger partial charge on any atom is -0.496 e. The van der Waals surface area contributed by atoms with Crippen LogP contribution >= 0.6 is 15.9 Å². The highest BCUT2D eigenvalue weighted by Gasteiger charge is 2.06. The van der Waals surface area contributed by atoms with Gasteiger partial charge in [-0.2, -0.15) is 5.26 Å². The topological polar surface area (TPSA) is 77.8 Å². The molecular weight excluding hydrogens is 414 g/mol. The van der Waals surface area contributed by atoms with Crippen molar-refractivity contribution in [1.82, 2.24) is 0 Å². The molecule has 0 fully saturated rings. The van der Waals surface area contributed by atoms with Crippen molar-refractivity contribution in [2.24, 2.45) is 0 Å². The third-order valence-corrected chi connectivity index (χ3v) is 4.11. The van der Waals surface area contributed by atoms with Gasteiger partial charge in [0.25, 0.3) is 0 Å². The molecule has 2 rings (SSSR count). The van der Waals surface area contributed by atoms with E-state index >= 15 is 0 Å². The van der Waals surface area contributed by atoms with E-state index in [1.54, 1.807) is 37.5 Å². The van der Waals surface area contributed by atoms with Crippen molar-refractivity contribution in [3.8, 4) is 23.3 Å². The van der Waals surface area contributed by atoms with E-state index in [9.17, 15) is 4.79 Å². The fourth-order valence-corrected chi connectivity index (χ4v) is 2.77. The number of hydrogen-bond donors (Lipinski definition) is 0. The van der Waals surface area contributed by atoms with Gasteiger partial charge in [0.05, 0.1) is 18.7 Å². The van der Waals surface area contributed by atoms with Crippen molar-refractivity contribution in [2.75, 3.05) is 20.8 Å². The summed E-state index contributed by atoms with van der Waals surface area (Å²) in [5, 5.41) is 8.58. The summed E-state index contributed by atoms with van der Waals surface area (Å²) in [6, 6.07) is 12.5. The van der Waals surface area contributed by atoms with E-state index in [0.29, 0.717) is 17.2 Å². The standard InChI is InChI=1S/C20H18BrNO5/c1-24-17-6-4-15(11-16(17)21)13-27-20(23)8-5-14-3-7-18(26-10-9-22)19(12-14)25-2/h3-8,11-12H,10,13H2,1-2H3/b8-5+. The van der Waals surface area contributed by atoms with Gasteiger partial charge in [-0.25, -0.2) is 4.79 Å². The quantitative estimate of drug-likeness (QED) is 0.461. The number of halogens is 1. The summed E-state index contributed by atoms with van der Waals surface area (Å²) >= 11 is 3.39. The number of ether oxygens (including phenoxy) is 4. The molecule has 27 heavy (non-hydrogen) atoms. The first kappa shape index (κ1) is 20.3. The lowest BCUT2D eigenvalue weighted by atomic mass is 10.2. The van der Waals surface area contributed by atoms with Crippen LogP contribution in [0.15, 0.2) is 46.9 Å². The van der Waals surface area contributed by atoms with Crippen molar-refractivity contribution in [3.63, 3.8) is 0 Å². The molecule has 0 aliphatic carbocycles. The van der Waals surface area contributed by atoms with Crippen LogP contribution in [0.4, 0.5) is 0 Å². The summed E-state index contributed by atoms with van der Waals surface area (Å²) in [4.78, 5) is 11.9. The maximum absolute atomic E-state index is 11.9. The molecule has 0 aliphatic rings. The maximum atomic E-state index is 11.9. The Morgan fingerprint density at radius 3 is 2.52 bits per heavy atom. The molecule has 0 spiro atoms. The molecule has 6 nitrogen and oxygen atoms in total. The molecule has 7 heteroatoms. The van der Waals surface area contributed by atoms with Crippen LogP contribution in [0.1, 0.15) is 11.1 Å². The van der Waals surface area contributed by atoms with Crippen LogP contribution in [0.2, 0.25) is 0 Å². The predicted molar refractivity (Wildman–Crippen MR) is 104 cm³/mol. The van der Waals surface area contributed by atoms with Crippen molar-refractivity contribution in [3.05, 3.63) is 58.1 Å². The Kier molecular flexibility index (Phi) is 7.71. The summed E-state index contributed by atoms with van der Waals surface area (Å²) in [5.41, 5.74) is 1.57. The number of benzene rings is 2. The maximum Gasteiger partial charge on any atom is 0.331 e. The number of carbonyl (C=O) groups excluding carboxylic acids is 1. The molecule has 0 bridgehead atoms. The number of methoxy groups -OCH3 is 2. The molecule has 2 aromatic rings. The van der Waals surface area contributed by atoms with E-state index in [1.807, 2.05) is 18.2 Å². The molecule has 140 valence electrons. The molecule has 0 aliphatic heterocycles. The number of hydrogen-bond acceptors (Lipinski definition) is 6. The lowest BCUT2D eigenvalue weighted by Gasteiger charge is -2.09. The molecular formula is C20H18BrNO5. The smallest absolute Gasteiger partial charge is 0.331 e. The Labute approximate surface area is 166 Å². The molecule has 0 saturated heterocycles. The van der Waals surface area contributed by atoms with E-state index in [0.717, 1.165) is 15.6 Å². The molecule has 0 amide bonds. The lowest BCUT2D eigenvalue weighted by molar-refractivity contribution is -0.138. The number of esters is 1. The third-order valence-electron chi connectivity index (χ3n) is 3.49. The summed E-state index contributed by atoms with van der Waals surface area (Å²) in [7, 11) is 3.09. The van der Waals surface area contributed by atoms with Gasteiger partial charge < -0.3 is 18.9 Å². The molecule has 0 heterocycles. The zero-order valence-corrected chi connectivity index (χ0v) is 16.5. The molecule has 0 saturated carbocycles. The van der Waals surface area contributed by atoms with Crippen LogP contribution in [0, 0.1) is 11.3 Å². The molecule has 0 radical (unpaired) electrons. The second-order valence-electron chi connectivity index (χ2n) is 5.27. The van der Waals surface area contributed by atoms with Gasteiger partial charge in [-0.05, 0) is 57.4 Å². The lowest BCUT2D eigenvalue weighted by Crippen LogP contribution is -2.01. The van der Waals surface area contributed by atoms with E-state index in [-0.39, 0.29) is 13.2 Å². The van der Waals surface area contributed by atoms with Gasteiger partial charge in [0.2, 0.25) is 0 Å². The Morgan fingerprint density at radius 2 is 1.85 bits per heavy atom. The zero-order valence-electron chi connectivity index (χ0n) is 14.9. The van der Waals surface area contributed by atoms with Crippen molar-refractivity contribution < 1.29 is 23.7 Å². The zero-order chi connectivity index (χ0) is 19.6. The second kappa shape index (κ2) is 10.2. The first-order valence-corrected chi connectivity index (χ1v) is 8.71. The Bertz CT molecular complexity index is 873. The minimum atomic E-state index is -0.467. The monoisotopic (exact) mass is 431 g/mol. The molecule has 0 atom stereocenters. The average Bonchev–Trinajstić information content (AvgIpc) is 2.69. The van der Waals surface area contributed by atoms with Crippen LogP contribution in [-0.2, 0) is 16.1 Å². The molecule has 2 aromatic carbocycles. The van der Waals surface area contributed by atoms with Crippen molar-refractivity contribution in [2.45, 2.75) is 6.61 Å². The normalized spacial score (nSPS) is 10.3. The van der Waals surface area contributed by atoms with Crippen molar-refractivity contribution >= 4 is 28.0 Å². The van der Waals surface area contributed by atoms with E-state index in [4.69, 9.17) is 24.2 Å². The molecule has 0 unspecified atom stereocenters. The first-order chi connectivity index (χ1) is 13.1. The van der Waals surface area contributed by atoms with E-state index in [2.05, 4.69) is 15.9 Å². The second-order valence-corrected chi connectivity index (χ2v) is 6.12. The van der Waals surface area contributed by atoms with Gasteiger partial charge in [0, 0.05) is 6.08 Å². The summed E-state index contributed by atoms with van der Waals surface area (Å²) in [5.74, 6) is 1.18. The summed E-state index contributed by atoms with van der Waals surface area (Å²) in [6.45, 7) is 0.0787. The largest absolute Gasteiger partial charge is 0.496 e. The number of rotatable bonds is 8. The highest BCUT2D eigenvalue weighted by Crippen LogP contribution is 2.28. The first-order valence-electron chi connectivity index (χ1n) is 7.92. The average molecular weight is 432 g/mol. The third kappa shape index (κ3) is 6.04. The molecule has 0 aromatic heterocycles. The Balaban J connectivity index is 1.96. The highest BCUT2D eigenvalue weighted by molar-refractivity contribution is 9.10. The number of nitrogens with zero attached hydrogens (tertiary/aromatic N) is 1. The van der Waals surface area contributed by atoms with Crippen LogP contribution in [-0.4, -0.2) is 26.8 Å². The highest BCUT2D eigenvalue weighted by atomic mass is 79.9. The predicted octanol–water partition coefficient (Wildman–Crippen LogP) is 4.13. The van der Waals surface area contributed by atoms with Crippen LogP contribution < -0.4 is 14.2 Å². The molecule has 0 N–H and O–H groups in total. The Morgan fingerprint density at radius 1 is 1.11 bits per heavy atom. The van der Waals surface area contributed by atoms with E-state index in [1.165, 1.54) is 13.2 Å². The van der Waals surface area contributed by atoms with Gasteiger partial charge in [-0.3, -0.25) is 0 Å². The van der Waals surface area contributed by atoms with Crippen LogP contribution in [0.3, 0.4) is 0 Å². The number of carbonyl (C=O) groups is 1. The fraction of sp³-hybridized carbons (Fsp3) is 0.200. The van der Waals surface area contributed by atoms with Gasteiger partial charge in [-0.1, -0.05) is 12.1 Å². The van der Waals surface area contributed by atoms with Crippen molar-refractivity contribution in [1.29, 1.82) is 5.26 Å². The van der Waals surface area contributed by atoms with Crippen LogP contribution in [0.5, 0.6) is 17.2 Å². The van der Waals surface area contributed by atoms with Crippen LogP contribution in [0.25, 0.3) is 6.08 Å². The summed E-state index contributed by atoms with van der Waals surface area (Å²) in [6.07, 6.45) is 2.95. The van der Waals surface area contributed by atoms with Gasteiger partial charge >= 0.3 is 5.97 Å². The summed E-state index contributed by atoms with van der Waals surface area (Å²) < 4.78 is 21.7. The van der Waals surface area contributed by atoms with Gasteiger partial charge in [0.1, 0.15) is 18.4 Å². The van der Waals surface area contributed by atoms with Gasteiger partial charge in [-0.15, -0.1) is 0 Å².